The van der Waals surface area contributed by atoms with Crippen LogP contribution in [0, 0.1) is 18.3 Å². The molecule has 0 saturated carbocycles. The number of hydrogen-bond donors (Lipinski definition) is 0. The van der Waals surface area contributed by atoms with Gasteiger partial charge < -0.3 is 4.90 Å². The smallest absolute Gasteiger partial charge is 0.258 e. The molecule has 0 aliphatic rings. The van der Waals surface area contributed by atoms with E-state index in [1.54, 1.807) is 49.5 Å². The Bertz CT molecular complexity index is 704. The van der Waals surface area contributed by atoms with Gasteiger partial charge in [-0.2, -0.15) is 5.26 Å². The van der Waals surface area contributed by atoms with E-state index in [0.29, 0.717) is 21.8 Å². The number of benzene rings is 2. The molecular formula is C16H13ClN2O. The van der Waals surface area contributed by atoms with Gasteiger partial charge in [0.25, 0.3) is 5.91 Å². The highest BCUT2D eigenvalue weighted by Crippen LogP contribution is 2.22. The minimum absolute atomic E-state index is 0.165. The fraction of sp³-hybridized carbons (Fsp3) is 0.125. The van der Waals surface area contributed by atoms with Crippen molar-refractivity contribution in [2.75, 3.05) is 11.9 Å². The van der Waals surface area contributed by atoms with Gasteiger partial charge in [-0.15, -0.1) is 0 Å². The predicted octanol–water partition coefficient (Wildman–Crippen LogP) is 3.80. The molecule has 0 fully saturated rings. The maximum atomic E-state index is 12.5. The fourth-order valence-electron chi connectivity index (χ4n) is 2.02. The normalized spacial score (nSPS) is 9.90. The molecule has 0 aromatic heterocycles. The standard InChI is InChI=1S/C16H13ClN2O/c1-11-9-13(17)7-8-14(11)16(20)19(2)15-6-4-3-5-12(15)10-18/h3-9H,1-2H3. The number of para-hydroxylation sites is 1. The van der Waals surface area contributed by atoms with Gasteiger partial charge in [-0.25, -0.2) is 0 Å². The van der Waals surface area contributed by atoms with Gasteiger partial charge in [-0.1, -0.05) is 23.7 Å². The first-order chi connectivity index (χ1) is 9.54. The van der Waals surface area contributed by atoms with Crippen LogP contribution in [0.1, 0.15) is 21.5 Å². The fourth-order valence-corrected chi connectivity index (χ4v) is 2.24. The van der Waals surface area contributed by atoms with Crippen molar-refractivity contribution in [3.8, 4) is 6.07 Å². The quantitative estimate of drug-likeness (QED) is 0.842. The number of anilines is 1. The van der Waals surface area contributed by atoms with Crippen LogP contribution in [0.3, 0.4) is 0 Å². The molecule has 0 heterocycles. The summed E-state index contributed by atoms with van der Waals surface area (Å²) in [4.78, 5) is 14.0. The SMILES string of the molecule is Cc1cc(Cl)ccc1C(=O)N(C)c1ccccc1C#N. The number of halogens is 1. The maximum absolute atomic E-state index is 12.5. The predicted molar refractivity (Wildman–Crippen MR) is 80.1 cm³/mol. The maximum Gasteiger partial charge on any atom is 0.258 e. The number of nitrogens with zero attached hydrogens (tertiary/aromatic N) is 2. The van der Waals surface area contributed by atoms with Gasteiger partial charge in [0.05, 0.1) is 11.3 Å². The van der Waals surface area contributed by atoms with Crippen molar-refractivity contribution in [3.05, 3.63) is 64.2 Å². The van der Waals surface area contributed by atoms with Crippen LogP contribution in [0.5, 0.6) is 0 Å². The Hall–Kier alpha value is -2.31. The summed E-state index contributed by atoms with van der Waals surface area (Å²) in [5.74, 6) is -0.165. The van der Waals surface area contributed by atoms with Gasteiger partial charge in [0.15, 0.2) is 0 Å². The lowest BCUT2D eigenvalue weighted by molar-refractivity contribution is 0.0992. The Kier molecular flexibility index (Phi) is 4.07. The van der Waals surface area contributed by atoms with E-state index in [-0.39, 0.29) is 5.91 Å². The summed E-state index contributed by atoms with van der Waals surface area (Å²) in [6.45, 7) is 1.84. The minimum Gasteiger partial charge on any atom is -0.310 e. The molecule has 2 rings (SSSR count). The van der Waals surface area contributed by atoms with E-state index < -0.39 is 0 Å². The first-order valence-corrected chi connectivity index (χ1v) is 6.45. The first kappa shape index (κ1) is 14.1. The number of carbonyl (C=O) groups is 1. The van der Waals surface area contributed by atoms with Gasteiger partial charge in [0.1, 0.15) is 6.07 Å². The lowest BCUT2D eigenvalue weighted by Crippen LogP contribution is -2.27. The Labute approximate surface area is 123 Å². The topological polar surface area (TPSA) is 44.1 Å². The highest BCUT2D eigenvalue weighted by atomic mass is 35.5. The summed E-state index contributed by atoms with van der Waals surface area (Å²) in [5.41, 5.74) is 2.44. The molecule has 0 unspecified atom stereocenters. The van der Waals surface area contributed by atoms with Gasteiger partial charge in [-0.3, -0.25) is 4.79 Å². The number of carbonyl (C=O) groups excluding carboxylic acids is 1. The zero-order valence-electron chi connectivity index (χ0n) is 11.2. The molecule has 0 N–H and O–H groups in total. The largest absolute Gasteiger partial charge is 0.310 e. The monoisotopic (exact) mass is 284 g/mol. The average Bonchev–Trinajstić information content (AvgIpc) is 2.45. The molecule has 0 aliphatic carbocycles. The van der Waals surface area contributed by atoms with Gasteiger partial charge in [0.2, 0.25) is 0 Å². The van der Waals surface area contributed by atoms with Crippen molar-refractivity contribution in [2.45, 2.75) is 6.92 Å². The Morgan fingerprint density at radius 2 is 1.95 bits per heavy atom. The summed E-state index contributed by atoms with van der Waals surface area (Å²) >= 11 is 5.90. The molecule has 0 radical (unpaired) electrons. The zero-order valence-corrected chi connectivity index (χ0v) is 12.0. The van der Waals surface area contributed by atoms with Crippen molar-refractivity contribution < 1.29 is 4.79 Å². The number of nitriles is 1. The second kappa shape index (κ2) is 5.77. The average molecular weight is 285 g/mol. The number of amides is 1. The molecule has 4 heteroatoms. The summed E-state index contributed by atoms with van der Waals surface area (Å²) in [6.07, 6.45) is 0. The lowest BCUT2D eigenvalue weighted by atomic mass is 10.1. The van der Waals surface area contributed by atoms with Crippen molar-refractivity contribution >= 4 is 23.2 Å². The molecule has 0 saturated heterocycles. The van der Waals surface area contributed by atoms with Crippen LogP contribution in [0.2, 0.25) is 5.02 Å². The van der Waals surface area contributed by atoms with E-state index in [0.717, 1.165) is 5.56 Å². The molecular weight excluding hydrogens is 272 g/mol. The summed E-state index contributed by atoms with van der Waals surface area (Å²) in [7, 11) is 1.66. The third-order valence-electron chi connectivity index (χ3n) is 3.11. The second-order valence-electron chi connectivity index (χ2n) is 4.45. The minimum atomic E-state index is -0.165. The van der Waals surface area contributed by atoms with Crippen LogP contribution in [-0.2, 0) is 0 Å². The highest BCUT2D eigenvalue weighted by molar-refractivity contribution is 6.30. The highest BCUT2D eigenvalue weighted by Gasteiger charge is 2.17. The van der Waals surface area contributed by atoms with E-state index in [1.165, 1.54) is 4.90 Å². The van der Waals surface area contributed by atoms with Crippen molar-refractivity contribution in [1.82, 2.24) is 0 Å². The van der Waals surface area contributed by atoms with Crippen LogP contribution in [0.4, 0.5) is 5.69 Å². The van der Waals surface area contributed by atoms with Gasteiger partial charge in [-0.05, 0) is 42.8 Å². The van der Waals surface area contributed by atoms with Crippen molar-refractivity contribution in [2.24, 2.45) is 0 Å². The molecule has 20 heavy (non-hydrogen) atoms. The Balaban J connectivity index is 2.41. The Morgan fingerprint density at radius 1 is 1.25 bits per heavy atom. The third kappa shape index (κ3) is 2.66. The Morgan fingerprint density at radius 3 is 2.60 bits per heavy atom. The van der Waals surface area contributed by atoms with E-state index in [4.69, 9.17) is 16.9 Å². The van der Waals surface area contributed by atoms with Crippen LogP contribution < -0.4 is 4.90 Å². The summed E-state index contributed by atoms with van der Waals surface area (Å²) in [5, 5.41) is 9.70. The molecule has 0 atom stereocenters. The number of rotatable bonds is 2. The zero-order chi connectivity index (χ0) is 14.7. The molecule has 2 aromatic carbocycles. The van der Waals surface area contributed by atoms with Crippen molar-refractivity contribution in [1.29, 1.82) is 5.26 Å². The van der Waals surface area contributed by atoms with Gasteiger partial charge >= 0.3 is 0 Å². The molecule has 3 nitrogen and oxygen atoms in total. The number of hydrogen-bond acceptors (Lipinski definition) is 2. The number of aryl methyl sites for hydroxylation is 1. The molecule has 1 amide bonds. The van der Waals surface area contributed by atoms with Crippen molar-refractivity contribution in [3.63, 3.8) is 0 Å². The van der Waals surface area contributed by atoms with E-state index >= 15 is 0 Å². The van der Waals surface area contributed by atoms with Crippen LogP contribution >= 0.6 is 11.6 Å². The van der Waals surface area contributed by atoms with Crippen LogP contribution in [0.25, 0.3) is 0 Å². The third-order valence-corrected chi connectivity index (χ3v) is 3.34. The molecule has 100 valence electrons. The van der Waals surface area contributed by atoms with E-state index in [9.17, 15) is 4.79 Å². The van der Waals surface area contributed by atoms with Crippen LogP contribution in [0.15, 0.2) is 42.5 Å². The summed E-state index contributed by atoms with van der Waals surface area (Å²) in [6, 6.07) is 14.2. The van der Waals surface area contributed by atoms with Crippen LogP contribution in [-0.4, -0.2) is 13.0 Å². The second-order valence-corrected chi connectivity index (χ2v) is 4.89. The molecule has 0 aliphatic heterocycles. The van der Waals surface area contributed by atoms with Gasteiger partial charge in [0, 0.05) is 17.6 Å². The molecule has 0 bridgehead atoms. The summed E-state index contributed by atoms with van der Waals surface area (Å²) < 4.78 is 0. The van der Waals surface area contributed by atoms with E-state index in [2.05, 4.69) is 6.07 Å². The first-order valence-electron chi connectivity index (χ1n) is 6.08. The van der Waals surface area contributed by atoms with E-state index in [1.807, 2.05) is 6.92 Å². The molecule has 2 aromatic rings. The molecule has 0 spiro atoms. The lowest BCUT2D eigenvalue weighted by Gasteiger charge is -2.19.